The zero-order valence-electron chi connectivity index (χ0n) is 9.67. The summed E-state index contributed by atoms with van der Waals surface area (Å²) in [6.07, 6.45) is 0. The van der Waals surface area contributed by atoms with Crippen LogP contribution in [0.1, 0.15) is 0 Å². The fraction of sp³-hybridized carbons (Fsp3) is 0. The van der Waals surface area contributed by atoms with E-state index in [1.807, 2.05) is 0 Å². The lowest BCUT2D eigenvalue weighted by Crippen LogP contribution is -2.24. The van der Waals surface area contributed by atoms with Gasteiger partial charge in [-0.15, -0.1) is 9.64 Å². The van der Waals surface area contributed by atoms with Gasteiger partial charge in [0.1, 0.15) is 5.75 Å². The van der Waals surface area contributed by atoms with Crippen LogP contribution in [0.15, 0.2) is 23.4 Å². The number of halogens is 2. The second-order valence-corrected chi connectivity index (χ2v) is 4.40. The van der Waals surface area contributed by atoms with Crippen molar-refractivity contribution in [3.8, 4) is 11.6 Å². The molecule has 1 aromatic carbocycles. The Morgan fingerprint density at radius 1 is 1.45 bits per heavy atom. The fourth-order valence-electron chi connectivity index (χ4n) is 1.34. The second-order valence-electron chi connectivity index (χ2n) is 3.55. The highest BCUT2D eigenvalue weighted by molar-refractivity contribution is 6.35. The number of hydrogen-bond donors (Lipinski definition) is 3. The summed E-state index contributed by atoms with van der Waals surface area (Å²) in [6.45, 7) is 0. The summed E-state index contributed by atoms with van der Waals surface area (Å²) >= 11 is 11.6. The van der Waals surface area contributed by atoms with Crippen molar-refractivity contribution in [3.05, 3.63) is 38.8 Å². The van der Waals surface area contributed by atoms with Gasteiger partial charge in [0.15, 0.2) is 5.82 Å². The highest BCUT2D eigenvalue weighted by atomic mass is 35.5. The van der Waals surface area contributed by atoms with Crippen molar-refractivity contribution in [1.29, 1.82) is 5.41 Å². The van der Waals surface area contributed by atoms with E-state index in [0.717, 1.165) is 0 Å². The smallest absolute Gasteiger partial charge is 0.261 e. The maximum absolute atomic E-state index is 10.8. The SMILES string of the molecule is N=c1nc(Oc2ccc(Cl)cc2Cl)c(N=O)c(N)n1O. The van der Waals surface area contributed by atoms with Gasteiger partial charge in [0.05, 0.1) is 5.02 Å². The van der Waals surface area contributed by atoms with Gasteiger partial charge in [0.2, 0.25) is 5.69 Å². The molecule has 10 heteroatoms. The van der Waals surface area contributed by atoms with E-state index < -0.39 is 17.1 Å². The molecule has 0 saturated carbocycles. The summed E-state index contributed by atoms with van der Waals surface area (Å²) in [6, 6.07) is 4.38. The maximum Gasteiger partial charge on any atom is 0.261 e. The molecule has 0 saturated heterocycles. The minimum atomic E-state index is -0.630. The molecule has 0 bridgehead atoms. The number of nitrogens with two attached hydrogens (primary N) is 1. The van der Waals surface area contributed by atoms with Crippen LogP contribution in [0.3, 0.4) is 0 Å². The average Bonchev–Trinajstić information content (AvgIpc) is 2.40. The van der Waals surface area contributed by atoms with Gasteiger partial charge < -0.3 is 15.7 Å². The number of nitroso groups, excluding NO2 is 1. The van der Waals surface area contributed by atoms with Crippen LogP contribution < -0.4 is 16.1 Å². The molecule has 1 heterocycles. The maximum atomic E-state index is 10.8. The zero-order valence-corrected chi connectivity index (χ0v) is 11.2. The Bertz CT molecular complexity index is 746. The molecule has 2 aromatic rings. The minimum absolute atomic E-state index is 0.142. The number of nitrogens with zero attached hydrogens (tertiary/aromatic N) is 3. The van der Waals surface area contributed by atoms with E-state index in [-0.39, 0.29) is 21.4 Å². The van der Waals surface area contributed by atoms with Crippen LogP contribution in [0.4, 0.5) is 11.5 Å². The number of hydrogen-bond acceptors (Lipinski definition) is 7. The molecule has 0 unspecified atom stereocenters. The van der Waals surface area contributed by atoms with Gasteiger partial charge in [-0.25, -0.2) is 0 Å². The number of benzene rings is 1. The van der Waals surface area contributed by atoms with Gasteiger partial charge in [-0.1, -0.05) is 23.2 Å². The standard InChI is InChI=1S/C10H7Cl2N5O3/c11-4-1-2-6(5(12)3-4)20-9-7(16-18)8(13)17(19)10(14)15-9/h1-3,14,19H,13H2. The van der Waals surface area contributed by atoms with E-state index in [2.05, 4.69) is 10.2 Å². The number of nitrogens with one attached hydrogen (secondary N) is 1. The van der Waals surface area contributed by atoms with Crippen LogP contribution in [-0.2, 0) is 0 Å². The molecule has 0 atom stereocenters. The van der Waals surface area contributed by atoms with Crippen molar-refractivity contribution in [2.24, 2.45) is 5.18 Å². The molecule has 4 N–H and O–H groups in total. The monoisotopic (exact) mass is 315 g/mol. The summed E-state index contributed by atoms with van der Waals surface area (Å²) in [4.78, 5) is 14.3. The third kappa shape index (κ3) is 2.51. The number of aromatic nitrogens is 2. The lowest BCUT2D eigenvalue weighted by molar-refractivity contribution is 0.170. The highest BCUT2D eigenvalue weighted by Gasteiger charge is 2.17. The number of rotatable bonds is 3. The van der Waals surface area contributed by atoms with Crippen LogP contribution in [0.25, 0.3) is 0 Å². The first-order valence-corrected chi connectivity index (χ1v) is 5.82. The number of nitrogen functional groups attached to an aromatic ring is 1. The van der Waals surface area contributed by atoms with E-state index in [9.17, 15) is 10.1 Å². The summed E-state index contributed by atoms with van der Waals surface area (Å²) in [5, 5.41) is 19.9. The normalized spacial score (nSPS) is 10.3. The molecule has 2 rings (SSSR count). The largest absolute Gasteiger partial charge is 0.435 e. The molecule has 8 nitrogen and oxygen atoms in total. The number of ether oxygens (including phenoxy) is 1. The topological polar surface area (TPSA) is 127 Å². The zero-order chi connectivity index (χ0) is 14.9. The van der Waals surface area contributed by atoms with E-state index in [1.54, 1.807) is 0 Å². The molecule has 0 aliphatic rings. The molecular weight excluding hydrogens is 309 g/mol. The van der Waals surface area contributed by atoms with Crippen molar-refractivity contribution < 1.29 is 9.94 Å². The predicted octanol–water partition coefficient (Wildman–Crippen LogP) is 2.68. The Balaban J connectivity index is 2.53. The lowest BCUT2D eigenvalue weighted by Gasteiger charge is -2.10. The predicted molar refractivity (Wildman–Crippen MR) is 71.7 cm³/mol. The molecule has 20 heavy (non-hydrogen) atoms. The molecule has 0 amide bonds. The molecule has 0 aliphatic heterocycles. The van der Waals surface area contributed by atoms with Gasteiger partial charge in [-0.2, -0.15) is 4.98 Å². The Hall–Kier alpha value is -2.32. The first-order chi connectivity index (χ1) is 9.43. The fourth-order valence-corrected chi connectivity index (χ4v) is 1.79. The first kappa shape index (κ1) is 14.1. The van der Waals surface area contributed by atoms with E-state index in [1.165, 1.54) is 18.2 Å². The molecule has 104 valence electrons. The van der Waals surface area contributed by atoms with Gasteiger partial charge in [-0.05, 0) is 23.4 Å². The van der Waals surface area contributed by atoms with E-state index >= 15 is 0 Å². The quantitative estimate of drug-likeness (QED) is 0.592. The summed E-state index contributed by atoms with van der Waals surface area (Å²) in [5.41, 5.74) is 4.36. The van der Waals surface area contributed by atoms with Gasteiger partial charge in [0.25, 0.3) is 11.5 Å². The molecule has 1 aromatic heterocycles. The third-order valence-corrected chi connectivity index (χ3v) is 2.80. The molecule has 0 spiro atoms. The molecule has 0 fully saturated rings. The van der Waals surface area contributed by atoms with Crippen LogP contribution in [0.5, 0.6) is 11.6 Å². The van der Waals surface area contributed by atoms with E-state index in [0.29, 0.717) is 5.02 Å². The average molecular weight is 316 g/mol. The molecule has 0 radical (unpaired) electrons. The Kier molecular flexibility index (Phi) is 3.77. The summed E-state index contributed by atoms with van der Waals surface area (Å²) in [7, 11) is 0. The van der Waals surface area contributed by atoms with Crippen LogP contribution in [0.2, 0.25) is 10.0 Å². The Morgan fingerprint density at radius 3 is 2.75 bits per heavy atom. The van der Waals surface area contributed by atoms with Gasteiger partial charge in [-0.3, -0.25) is 5.41 Å². The van der Waals surface area contributed by atoms with Crippen LogP contribution in [0, 0.1) is 10.3 Å². The third-order valence-electron chi connectivity index (χ3n) is 2.27. The van der Waals surface area contributed by atoms with Crippen molar-refractivity contribution in [1.82, 2.24) is 9.71 Å². The molecule has 0 aliphatic carbocycles. The second kappa shape index (κ2) is 5.35. The van der Waals surface area contributed by atoms with Gasteiger partial charge in [0, 0.05) is 5.02 Å². The number of anilines is 1. The Labute approximate surface area is 121 Å². The summed E-state index contributed by atoms with van der Waals surface area (Å²) in [5.74, 6) is -0.680. The van der Waals surface area contributed by atoms with Crippen molar-refractivity contribution in [2.45, 2.75) is 0 Å². The minimum Gasteiger partial charge on any atom is -0.435 e. The van der Waals surface area contributed by atoms with Crippen molar-refractivity contribution in [2.75, 3.05) is 5.73 Å². The molecular formula is C10H7Cl2N5O3. The first-order valence-electron chi connectivity index (χ1n) is 5.06. The Morgan fingerprint density at radius 2 is 2.15 bits per heavy atom. The summed E-state index contributed by atoms with van der Waals surface area (Å²) < 4.78 is 5.48. The van der Waals surface area contributed by atoms with Crippen LogP contribution in [-0.4, -0.2) is 14.9 Å². The highest BCUT2D eigenvalue weighted by Crippen LogP contribution is 2.36. The lowest BCUT2D eigenvalue weighted by atomic mass is 10.3. The van der Waals surface area contributed by atoms with Crippen molar-refractivity contribution >= 4 is 34.7 Å². The van der Waals surface area contributed by atoms with Crippen molar-refractivity contribution in [3.63, 3.8) is 0 Å². The van der Waals surface area contributed by atoms with Crippen LogP contribution >= 0.6 is 23.2 Å². The van der Waals surface area contributed by atoms with E-state index in [4.69, 9.17) is 39.1 Å². The van der Waals surface area contributed by atoms with Gasteiger partial charge >= 0.3 is 0 Å².